The van der Waals surface area contributed by atoms with Crippen LogP contribution in [-0.4, -0.2) is 34.6 Å². The third kappa shape index (κ3) is 4.62. The molecule has 156 valence electrons. The van der Waals surface area contributed by atoms with Gasteiger partial charge in [0.15, 0.2) is 0 Å². The minimum absolute atomic E-state index is 0.166. The SMILES string of the molecule is COC(=O)c1ccc(C)c(NC(=O)/C(C#N)=C/c2cn(CC(=O)O)c3ccccc23)c1. The van der Waals surface area contributed by atoms with Crippen LogP contribution in [0.2, 0.25) is 0 Å². The molecule has 0 fully saturated rings. The molecule has 0 saturated carbocycles. The molecule has 1 amide bonds. The summed E-state index contributed by atoms with van der Waals surface area (Å²) in [6, 6.07) is 13.7. The van der Waals surface area contributed by atoms with Crippen molar-refractivity contribution in [3.63, 3.8) is 0 Å². The van der Waals surface area contributed by atoms with Gasteiger partial charge >= 0.3 is 11.9 Å². The fourth-order valence-electron chi connectivity index (χ4n) is 3.16. The van der Waals surface area contributed by atoms with Crippen molar-refractivity contribution in [1.29, 1.82) is 5.26 Å². The van der Waals surface area contributed by atoms with E-state index in [1.54, 1.807) is 54.1 Å². The number of nitriles is 1. The molecule has 0 atom stereocenters. The maximum Gasteiger partial charge on any atom is 0.337 e. The number of carboxylic acids is 1. The largest absolute Gasteiger partial charge is 0.480 e. The zero-order chi connectivity index (χ0) is 22.5. The van der Waals surface area contributed by atoms with E-state index in [2.05, 4.69) is 5.32 Å². The van der Waals surface area contributed by atoms with E-state index in [1.165, 1.54) is 19.3 Å². The highest BCUT2D eigenvalue weighted by Crippen LogP contribution is 2.24. The van der Waals surface area contributed by atoms with Crippen LogP contribution in [-0.2, 0) is 20.9 Å². The third-order valence-electron chi connectivity index (χ3n) is 4.70. The number of anilines is 1. The van der Waals surface area contributed by atoms with Crippen molar-refractivity contribution in [2.75, 3.05) is 12.4 Å². The summed E-state index contributed by atoms with van der Waals surface area (Å²) in [5.41, 5.74) is 2.40. The average Bonchev–Trinajstić information content (AvgIpc) is 3.09. The number of carbonyl (C=O) groups is 3. The summed E-state index contributed by atoms with van der Waals surface area (Å²) in [7, 11) is 1.26. The smallest absolute Gasteiger partial charge is 0.337 e. The van der Waals surface area contributed by atoms with E-state index in [4.69, 9.17) is 9.84 Å². The fourth-order valence-corrected chi connectivity index (χ4v) is 3.16. The van der Waals surface area contributed by atoms with Gasteiger partial charge in [-0.2, -0.15) is 5.26 Å². The van der Waals surface area contributed by atoms with E-state index < -0.39 is 17.8 Å². The molecule has 0 aliphatic carbocycles. The molecule has 8 heteroatoms. The van der Waals surface area contributed by atoms with Gasteiger partial charge in [0.05, 0.1) is 12.7 Å². The van der Waals surface area contributed by atoms with Crippen molar-refractivity contribution in [2.24, 2.45) is 0 Å². The van der Waals surface area contributed by atoms with E-state index in [-0.39, 0.29) is 17.7 Å². The molecule has 8 nitrogen and oxygen atoms in total. The van der Waals surface area contributed by atoms with Gasteiger partial charge in [0.1, 0.15) is 18.2 Å². The number of para-hydroxylation sites is 1. The quantitative estimate of drug-likeness (QED) is 0.360. The van der Waals surface area contributed by atoms with Crippen molar-refractivity contribution in [3.05, 3.63) is 70.9 Å². The molecule has 0 aliphatic rings. The summed E-state index contributed by atoms with van der Waals surface area (Å²) in [5.74, 6) is -2.20. The lowest BCUT2D eigenvalue weighted by Crippen LogP contribution is -2.15. The number of carboxylic acid groups (broad SMARTS) is 1. The van der Waals surface area contributed by atoms with Crippen LogP contribution in [0, 0.1) is 18.3 Å². The van der Waals surface area contributed by atoms with Gasteiger partial charge in [-0.25, -0.2) is 4.79 Å². The van der Waals surface area contributed by atoms with Crippen molar-refractivity contribution < 1.29 is 24.2 Å². The van der Waals surface area contributed by atoms with Crippen molar-refractivity contribution in [2.45, 2.75) is 13.5 Å². The number of rotatable bonds is 6. The Bertz CT molecular complexity index is 1260. The van der Waals surface area contributed by atoms with Crippen LogP contribution in [0.25, 0.3) is 17.0 Å². The Hall–Kier alpha value is -4.38. The molecule has 1 aromatic heterocycles. The maximum atomic E-state index is 12.8. The minimum atomic E-state index is -1.00. The Kier molecular flexibility index (Phi) is 6.17. The van der Waals surface area contributed by atoms with Gasteiger partial charge in [-0.15, -0.1) is 0 Å². The Labute approximate surface area is 178 Å². The fraction of sp³-hybridized carbons (Fsp3) is 0.130. The number of benzene rings is 2. The molecule has 0 spiro atoms. The summed E-state index contributed by atoms with van der Waals surface area (Å²) < 4.78 is 6.24. The molecule has 0 unspecified atom stereocenters. The number of esters is 1. The Morgan fingerprint density at radius 3 is 2.65 bits per heavy atom. The number of hydrogen-bond donors (Lipinski definition) is 2. The van der Waals surface area contributed by atoms with Crippen molar-refractivity contribution in [3.8, 4) is 6.07 Å². The number of amides is 1. The van der Waals surface area contributed by atoms with Gasteiger partial charge in [0.2, 0.25) is 0 Å². The number of nitrogens with zero attached hydrogens (tertiary/aromatic N) is 2. The number of aryl methyl sites for hydroxylation is 1. The number of aromatic nitrogens is 1. The summed E-state index contributed by atoms with van der Waals surface area (Å²) in [6.45, 7) is 1.51. The highest BCUT2D eigenvalue weighted by atomic mass is 16.5. The Morgan fingerprint density at radius 2 is 1.97 bits per heavy atom. The zero-order valence-corrected chi connectivity index (χ0v) is 16.9. The van der Waals surface area contributed by atoms with Crippen LogP contribution in [0.1, 0.15) is 21.5 Å². The second-order valence-electron chi connectivity index (χ2n) is 6.77. The van der Waals surface area contributed by atoms with Crippen LogP contribution in [0.5, 0.6) is 0 Å². The van der Waals surface area contributed by atoms with Gasteiger partial charge in [-0.3, -0.25) is 9.59 Å². The van der Waals surface area contributed by atoms with E-state index >= 15 is 0 Å². The second-order valence-corrected chi connectivity index (χ2v) is 6.77. The molecule has 0 aliphatic heterocycles. The van der Waals surface area contributed by atoms with E-state index in [1.807, 2.05) is 6.07 Å². The molecule has 2 aromatic carbocycles. The summed E-state index contributed by atoms with van der Waals surface area (Å²) in [5, 5.41) is 22.1. The van der Waals surface area contributed by atoms with Gasteiger partial charge in [0, 0.05) is 28.4 Å². The maximum absolute atomic E-state index is 12.8. The molecular weight excluding hydrogens is 398 g/mol. The summed E-state index contributed by atoms with van der Waals surface area (Å²) >= 11 is 0. The molecule has 1 heterocycles. The first-order chi connectivity index (χ1) is 14.8. The van der Waals surface area contributed by atoms with Gasteiger partial charge < -0.3 is 19.7 Å². The molecule has 31 heavy (non-hydrogen) atoms. The van der Waals surface area contributed by atoms with Crippen molar-refractivity contribution >= 4 is 40.5 Å². The number of hydrogen-bond acceptors (Lipinski definition) is 5. The number of fused-ring (bicyclic) bond motifs is 1. The number of aliphatic carboxylic acids is 1. The van der Waals surface area contributed by atoms with E-state index in [0.29, 0.717) is 27.7 Å². The first kappa shape index (κ1) is 21.3. The van der Waals surface area contributed by atoms with Crippen molar-refractivity contribution in [1.82, 2.24) is 4.57 Å². The van der Waals surface area contributed by atoms with Crippen LogP contribution in [0.3, 0.4) is 0 Å². The summed E-state index contributed by atoms with van der Waals surface area (Å²) in [4.78, 5) is 35.7. The summed E-state index contributed by atoms with van der Waals surface area (Å²) in [6.07, 6.45) is 3.00. The van der Waals surface area contributed by atoms with Crippen LogP contribution in [0.4, 0.5) is 5.69 Å². The van der Waals surface area contributed by atoms with Crippen LogP contribution in [0.15, 0.2) is 54.2 Å². The molecule has 0 bridgehead atoms. The normalized spacial score (nSPS) is 11.1. The zero-order valence-electron chi connectivity index (χ0n) is 16.9. The number of carbonyl (C=O) groups excluding carboxylic acids is 2. The monoisotopic (exact) mass is 417 g/mol. The van der Waals surface area contributed by atoms with Gasteiger partial charge in [-0.1, -0.05) is 24.3 Å². The lowest BCUT2D eigenvalue weighted by Gasteiger charge is -2.09. The Morgan fingerprint density at radius 1 is 1.23 bits per heavy atom. The number of ether oxygens (including phenoxy) is 1. The number of methoxy groups -OCH3 is 1. The van der Waals surface area contributed by atoms with Gasteiger partial charge in [0.25, 0.3) is 5.91 Å². The average molecular weight is 417 g/mol. The Balaban J connectivity index is 1.96. The number of nitrogens with one attached hydrogen (secondary N) is 1. The topological polar surface area (TPSA) is 121 Å². The molecule has 0 saturated heterocycles. The second kappa shape index (κ2) is 8.97. The molecular formula is C23H19N3O5. The predicted octanol–water partition coefficient (Wildman–Crippen LogP) is 3.37. The predicted molar refractivity (Wildman–Crippen MR) is 114 cm³/mol. The highest BCUT2D eigenvalue weighted by molar-refractivity contribution is 6.11. The van der Waals surface area contributed by atoms with Gasteiger partial charge in [-0.05, 0) is 36.8 Å². The third-order valence-corrected chi connectivity index (χ3v) is 4.70. The molecule has 3 rings (SSSR count). The van der Waals surface area contributed by atoms with Crippen LogP contribution >= 0.6 is 0 Å². The van der Waals surface area contributed by atoms with E-state index in [0.717, 1.165) is 0 Å². The molecule has 2 N–H and O–H groups in total. The molecule has 0 radical (unpaired) electrons. The lowest BCUT2D eigenvalue weighted by atomic mass is 10.1. The minimum Gasteiger partial charge on any atom is -0.480 e. The highest BCUT2D eigenvalue weighted by Gasteiger charge is 2.15. The standard InChI is InChI=1S/C23H19N3O5/c1-14-7-8-15(23(30)31-2)10-19(14)25-22(29)16(11-24)9-17-12-26(13-21(27)28)20-6-4-3-5-18(17)20/h3-10,12H,13H2,1-2H3,(H,25,29)(H,27,28)/b16-9+. The van der Waals surface area contributed by atoms with E-state index in [9.17, 15) is 19.6 Å². The van der Waals surface area contributed by atoms with Crippen LogP contribution < -0.4 is 5.32 Å². The molecule has 3 aromatic rings. The lowest BCUT2D eigenvalue weighted by molar-refractivity contribution is -0.137. The first-order valence-corrected chi connectivity index (χ1v) is 9.25. The first-order valence-electron chi connectivity index (χ1n) is 9.25.